The van der Waals surface area contributed by atoms with Crippen molar-refractivity contribution in [1.29, 1.82) is 0 Å². The monoisotopic (exact) mass is 370 g/mol. The van der Waals surface area contributed by atoms with Gasteiger partial charge in [0, 0.05) is 12.1 Å². The van der Waals surface area contributed by atoms with Gasteiger partial charge in [0.25, 0.3) is 0 Å². The summed E-state index contributed by atoms with van der Waals surface area (Å²) in [5, 5.41) is 2.46. The number of ether oxygens (including phenoxy) is 2. The number of ketones is 1. The molecule has 0 spiro atoms. The third kappa shape index (κ3) is 5.85. The topological polar surface area (TPSA) is 108 Å². The first kappa shape index (κ1) is 20.0. The minimum Gasteiger partial charge on any atom is -0.494 e. The summed E-state index contributed by atoms with van der Waals surface area (Å²) in [5.74, 6) is -0.227. The molecule has 0 saturated carbocycles. The number of esters is 1. The van der Waals surface area contributed by atoms with Gasteiger partial charge in [-0.1, -0.05) is 12.1 Å². The van der Waals surface area contributed by atoms with Gasteiger partial charge in [0.2, 0.25) is 5.78 Å². The Balaban J connectivity index is 1.95. The number of carbonyl (C=O) groups is 3. The van der Waals surface area contributed by atoms with Crippen LogP contribution in [0.25, 0.3) is 0 Å². The molecule has 0 fully saturated rings. The van der Waals surface area contributed by atoms with E-state index < -0.39 is 18.1 Å². The van der Waals surface area contributed by atoms with Gasteiger partial charge in [-0.2, -0.15) is 0 Å². The summed E-state index contributed by atoms with van der Waals surface area (Å²) < 4.78 is 10.6. The normalized spacial score (nSPS) is 11.3. The molecule has 0 radical (unpaired) electrons. The quantitative estimate of drug-likeness (QED) is 0.549. The number of benzene rings is 2. The molecule has 0 heterocycles. The fourth-order valence-electron chi connectivity index (χ4n) is 2.35. The van der Waals surface area contributed by atoms with Crippen LogP contribution >= 0.6 is 0 Å². The second-order valence-electron chi connectivity index (χ2n) is 5.78. The molecule has 0 aliphatic rings. The molecule has 2 aromatic carbocycles. The Bertz CT molecular complexity index is 800. The van der Waals surface area contributed by atoms with Crippen LogP contribution in [0, 0.1) is 0 Å². The van der Waals surface area contributed by atoms with Crippen LogP contribution in [0.3, 0.4) is 0 Å². The summed E-state index contributed by atoms with van der Waals surface area (Å²) in [7, 11) is 0. The maximum Gasteiger partial charge on any atom is 0.338 e. The van der Waals surface area contributed by atoms with E-state index in [4.69, 9.17) is 15.2 Å². The molecule has 1 atom stereocenters. The van der Waals surface area contributed by atoms with E-state index in [1.807, 2.05) is 6.92 Å². The Kier molecular flexibility index (Phi) is 6.93. The molecular weight excluding hydrogens is 348 g/mol. The van der Waals surface area contributed by atoms with Gasteiger partial charge >= 0.3 is 12.0 Å². The molecule has 2 rings (SSSR count). The maximum absolute atomic E-state index is 12.4. The van der Waals surface area contributed by atoms with Gasteiger partial charge in [0.05, 0.1) is 12.2 Å². The Morgan fingerprint density at radius 1 is 1.00 bits per heavy atom. The second kappa shape index (κ2) is 9.38. The summed E-state index contributed by atoms with van der Waals surface area (Å²) in [6.45, 7) is 4.21. The Morgan fingerprint density at radius 3 is 2.15 bits per heavy atom. The number of hydrogen-bond acceptors (Lipinski definition) is 5. The van der Waals surface area contributed by atoms with Crippen molar-refractivity contribution in [2.45, 2.75) is 26.5 Å². The number of rotatable bonds is 8. The highest BCUT2D eigenvalue weighted by molar-refractivity contribution is 6.01. The standard InChI is InChI=1S/C20H22N2O5/c1-3-26-17-10-8-15(9-11-17)18(23)13(2)27-19(24)16-6-4-14(5-7-16)12-22-20(21)25/h4-11,13H,3,12H2,1-2H3,(H3,21,22,25). The zero-order chi connectivity index (χ0) is 19.8. The molecule has 2 amide bonds. The van der Waals surface area contributed by atoms with Crippen LogP contribution in [0.15, 0.2) is 48.5 Å². The molecule has 142 valence electrons. The van der Waals surface area contributed by atoms with Gasteiger partial charge < -0.3 is 20.5 Å². The van der Waals surface area contributed by atoms with Crippen LogP contribution in [-0.4, -0.2) is 30.5 Å². The highest BCUT2D eigenvalue weighted by Gasteiger charge is 2.20. The molecule has 2 aromatic rings. The van der Waals surface area contributed by atoms with Crippen molar-refractivity contribution in [1.82, 2.24) is 5.32 Å². The first-order valence-corrected chi connectivity index (χ1v) is 8.51. The third-order valence-corrected chi connectivity index (χ3v) is 3.76. The van der Waals surface area contributed by atoms with Crippen LogP contribution in [0.4, 0.5) is 4.79 Å². The largest absolute Gasteiger partial charge is 0.494 e. The molecule has 7 heteroatoms. The number of amides is 2. The third-order valence-electron chi connectivity index (χ3n) is 3.76. The van der Waals surface area contributed by atoms with Crippen molar-refractivity contribution in [2.24, 2.45) is 5.73 Å². The lowest BCUT2D eigenvalue weighted by molar-refractivity contribution is 0.0319. The van der Waals surface area contributed by atoms with Gasteiger partial charge in [0.15, 0.2) is 6.10 Å². The van der Waals surface area contributed by atoms with Gasteiger partial charge in [-0.05, 0) is 55.8 Å². The SMILES string of the molecule is CCOc1ccc(C(=O)C(C)OC(=O)c2ccc(CNC(N)=O)cc2)cc1. The van der Waals surface area contributed by atoms with E-state index in [1.165, 1.54) is 6.92 Å². The minimum atomic E-state index is -0.924. The first-order chi connectivity index (χ1) is 12.9. The maximum atomic E-state index is 12.4. The van der Waals surface area contributed by atoms with Crippen LogP contribution in [-0.2, 0) is 11.3 Å². The van der Waals surface area contributed by atoms with Gasteiger partial charge in [-0.3, -0.25) is 4.79 Å². The molecule has 0 aromatic heterocycles. The van der Waals surface area contributed by atoms with E-state index in [1.54, 1.807) is 48.5 Å². The van der Waals surface area contributed by atoms with Crippen molar-refractivity contribution >= 4 is 17.8 Å². The van der Waals surface area contributed by atoms with E-state index in [2.05, 4.69) is 5.32 Å². The zero-order valence-electron chi connectivity index (χ0n) is 15.2. The average molecular weight is 370 g/mol. The molecule has 0 aliphatic carbocycles. The lowest BCUT2D eigenvalue weighted by Gasteiger charge is -2.13. The Labute approximate surface area is 157 Å². The number of urea groups is 1. The molecule has 1 unspecified atom stereocenters. The molecule has 0 saturated heterocycles. The molecule has 0 aliphatic heterocycles. The van der Waals surface area contributed by atoms with E-state index in [0.717, 1.165) is 5.56 Å². The zero-order valence-corrected chi connectivity index (χ0v) is 15.2. The van der Waals surface area contributed by atoms with Crippen molar-refractivity contribution in [3.63, 3.8) is 0 Å². The van der Waals surface area contributed by atoms with Gasteiger partial charge in [-0.15, -0.1) is 0 Å². The van der Waals surface area contributed by atoms with E-state index in [-0.39, 0.29) is 12.3 Å². The van der Waals surface area contributed by atoms with Crippen molar-refractivity contribution in [3.8, 4) is 5.75 Å². The molecule has 0 bridgehead atoms. The summed E-state index contributed by atoms with van der Waals surface area (Å²) in [6.07, 6.45) is -0.924. The number of hydrogen-bond donors (Lipinski definition) is 2. The fourth-order valence-corrected chi connectivity index (χ4v) is 2.35. The van der Waals surface area contributed by atoms with Crippen LogP contribution in [0.5, 0.6) is 5.75 Å². The van der Waals surface area contributed by atoms with E-state index >= 15 is 0 Å². The highest BCUT2D eigenvalue weighted by atomic mass is 16.5. The van der Waals surface area contributed by atoms with Crippen molar-refractivity contribution in [2.75, 3.05) is 6.61 Å². The predicted octanol–water partition coefficient (Wildman–Crippen LogP) is 2.68. The summed E-state index contributed by atoms with van der Waals surface area (Å²) in [4.78, 5) is 35.3. The van der Waals surface area contributed by atoms with Crippen LogP contribution in [0.1, 0.15) is 40.1 Å². The lowest BCUT2D eigenvalue weighted by atomic mass is 10.1. The first-order valence-electron chi connectivity index (χ1n) is 8.51. The predicted molar refractivity (Wildman–Crippen MR) is 99.7 cm³/mol. The van der Waals surface area contributed by atoms with E-state index in [9.17, 15) is 14.4 Å². The number of primary amides is 1. The molecule has 27 heavy (non-hydrogen) atoms. The number of nitrogens with one attached hydrogen (secondary N) is 1. The smallest absolute Gasteiger partial charge is 0.338 e. The summed E-state index contributed by atoms with van der Waals surface area (Å²) >= 11 is 0. The van der Waals surface area contributed by atoms with Crippen molar-refractivity contribution in [3.05, 3.63) is 65.2 Å². The van der Waals surface area contributed by atoms with Gasteiger partial charge in [-0.25, -0.2) is 9.59 Å². The minimum absolute atomic E-state index is 0.261. The number of Topliss-reactive ketones (excluding diaryl/α,β-unsaturated/α-hetero) is 1. The molecule has 7 nitrogen and oxygen atoms in total. The second-order valence-corrected chi connectivity index (χ2v) is 5.78. The van der Waals surface area contributed by atoms with Gasteiger partial charge in [0.1, 0.15) is 5.75 Å². The van der Waals surface area contributed by atoms with E-state index in [0.29, 0.717) is 23.5 Å². The fraction of sp³-hybridized carbons (Fsp3) is 0.250. The van der Waals surface area contributed by atoms with Crippen LogP contribution in [0.2, 0.25) is 0 Å². The Morgan fingerprint density at radius 2 is 1.59 bits per heavy atom. The van der Waals surface area contributed by atoms with Crippen LogP contribution < -0.4 is 15.8 Å². The number of nitrogens with two attached hydrogens (primary N) is 1. The average Bonchev–Trinajstić information content (AvgIpc) is 2.67. The Hall–Kier alpha value is -3.35. The lowest BCUT2D eigenvalue weighted by Crippen LogP contribution is -2.28. The highest BCUT2D eigenvalue weighted by Crippen LogP contribution is 2.15. The molecule has 3 N–H and O–H groups in total. The molecular formula is C20H22N2O5. The summed E-state index contributed by atoms with van der Waals surface area (Å²) in [5.41, 5.74) is 6.54. The van der Waals surface area contributed by atoms with Crippen molar-refractivity contribution < 1.29 is 23.9 Å². The summed E-state index contributed by atoms with van der Waals surface area (Å²) in [6, 6.07) is 12.5. The number of carbonyl (C=O) groups excluding carboxylic acids is 3.